The summed E-state index contributed by atoms with van der Waals surface area (Å²) >= 11 is 0. The summed E-state index contributed by atoms with van der Waals surface area (Å²) in [4.78, 5) is 22.4. The molecule has 0 radical (unpaired) electrons. The van der Waals surface area contributed by atoms with E-state index < -0.39 is 23.2 Å². The predicted octanol–water partition coefficient (Wildman–Crippen LogP) is 5.50. The van der Waals surface area contributed by atoms with Crippen molar-refractivity contribution in [3.63, 3.8) is 0 Å². The van der Waals surface area contributed by atoms with Crippen molar-refractivity contribution in [3.8, 4) is 11.1 Å². The van der Waals surface area contributed by atoms with Gasteiger partial charge in [0.2, 0.25) is 0 Å². The average Bonchev–Trinajstić information content (AvgIpc) is 3.24. The lowest BCUT2D eigenvalue weighted by Crippen LogP contribution is -2.32. The molecule has 1 aromatic carbocycles. The summed E-state index contributed by atoms with van der Waals surface area (Å²) in [6.07, 6.45) is 5.91. The van der Waals surface area contributed by atoms with Gasteiger partial charge in [0.25, 0.3) is 0 Å². The zero-order chi connectivity index (χ0) is 26.3. The van der Waals surface area contributed by atoms with Crippen LogP contribution in [0.4, 0.5) is 14.6 Å². The van der Waals surface area contributed by atoms with Crippen LogP contribution in [0.1, 0.15) is 41.0 Å². The first-order valence-electron chi connectivity index (χ1n) is 12.0. The Morgan fingerprint density at radius 3 is 2.49 bits per heavy atom. The van der Waals surface area contributed by atoms with E-state index in [0.717, 1.165) is 45.8 Å². The van der Waals surface area contributed by atoms with E-state index in [4.69, 9.17) is 5.11 Å². The Hall–Kier alpha value is -4.11. The first-order chi connectivity index (χ1) is 17.8. The summed E-state index contributed by atoms with van der Waals surface area (Å²) in [6, 6.07) is 9.88. The van der Waals surface area contributed by atoms with Gasteiger partial charge in [-0.15, -0.1) is 0 Å². The molecule has 1 aliphatic rings. The number of carboxylic acids is 1. The molecule has 1 aliphatic heterocycles. The van der Waals surface area contributed by atoms with Crippen LogP contribution in [0.15, 0.2) is 54.9 Å². The predicted molar refractivity (Wildman–Crippen MR) is 139 cm³/mol. The van der Waals surface area contributed by atoms with Crippen molar-refractivity contribution in [2.75, 3.05) is 25.5 Å². The molecule has 1 atom stereocenters. The number of anilines is 1. The number of aryl methyl sites for hydroxylation is 1. The van der Waals surface area contributed by atoms with Crippen molar-refractivity contribution in [2.24, 2.45) is 7.05 Å². The number of hydrogen-bond acceptors (Lipinski definition) is 5. The Balaban J connectivity index is 1.42. The zero-order valence-electron chi connectivity index (χ0n) is 20.8. The minimum absolute atomic E-state index is 0.0266. The van der Waals surface area contributed by atoms with E-state index in [9.17, 15) is 13.6 Å². The molecule has 0 saturated carbocycles. The average molecular weight is 504 g/mol. The highest BCUT2D eigenvalue weighted by molar-refractivity contribution is 5.94. The number of pyridine rings is 2. The maximum atomic E-state index is 14.6. The molecule has 0 spiro atoms. The van der Waals surface area contributed by atoms with Gasteiger partial charge in [-0.3, -0.25) is 4.90 Å². The van der Waals surface area contributed by atoms with Crippen LogP contribution in [0.2, 0.25) is 0 Å². The molecule has 0 bridgehead atoms. The lowest BCUT2D eigenvalue weighted by Gasteiger charge is -2.32. The second-order valence-corrected chi connectivity index (χ2v) is 9.18. The Morgan fingerprint density at radius 1 is 1.14 bits per heavy atom. The minimum atomic E-state index is -1.36. The summed E-state index contributed by atoms with van der Waals surface area (Å²) in [5.74, 6) is -2.27. The third-order valence-corrected chi connectivity index (χ3v) is 7.12. The smallest absolute Gasteiger partial charge is 0.335 e. The maximum Gasteiger partial charge on any atom is 0.335 e. The summed E-state index contributed by atoms with van der Waals surface area (Å²) in [5.41, 5.74) is 4.00. The van der Waals surface area contributed by atoms with Crippen molar-refractivity contribution in [1.82, 2.24) is 19.4 Å². The van der Waals surface area contributed by atoms with Gasteiger partial charge in [0.15, 0.2) is 0 Å². The Labute approximate surface area is 213 Å². The number of halogens is 2. The van der Waals surface area contributed by atoms with Crippen LogP contribution in [0.3, 0.4) is 0 Å². The van der Waals surface area contributed by atoms with Crippen LogP contribution in [0.25, 0.3) is 27.7 Å². The molecule has 190 valence electrons. The monoisotopic (exact) mass is 503 g/mol. The van der Waals surface area contributed by atoms with Crippen LogP contribution in [-0.4, -0.2) is 50.6 Å². The van der Waals surface area contributed by atoms with E-state index in [1.807, 2.05) is 44.6 Å². The van der Waals surface area contributed by atoms with Crippen LogP contribution >= 0.6 is 0 Å². The number of aromatic carboxylic acids is 1. The molecular formula is C28H27F2N5O2. The second kappa shape index (κ2) is 9.74. The third kappa shape index (κ3) is 4.46. The van der Waals surface area contributed by atoms with Gasteiger partial charge in [-0.1, -0.05) is 6.08 Å². The second-order valence-electron chi connectivity index (χ2n) is 9.18. The van der Waals surface area contributed by atoms with Gasteiger partial charge in [-0.25, -0.2) is 23.5 Å². The van der Waals surface area contributed by atoms with Gasteiger partial charge in [0.05, 0.1) is 5.56 Å². The fourth-order valence-corrected chi connectivity index (χ4v) is 5.05. The Morgan fingerprint density at radius 2 is 1.89 bits per heavy atom. The van der Waals surface area contributed by atoms with Crippen molar-refractivity contribution >= 4 is 28.4 Å². The Kier molecular flexibility index (Phi) is 6.47. The molecule has 37 heavy (non-hydrogen) atoms. The first-order valence-corrected chi connectivity index (χ1v) is 12.0. The van der Waals surface area contributed by atoms with Crippen LogP contribution in [-0.2, 0) is 7.05 Å². The number of rotatable bonds is 6. The largest absolute Gasteiger partial charge is 0.478 e. The van der Waals surface area contributed by atoms with Crippen LogP contribution in [0, 0.1) is 11.6 Å². The molecule has 0 unspecified atom stereocenters. The summed E-state index contributed by atoms with van der Waals surface area (Å²) < 4.78 is 31.3. The van der Waals surface area contributed by atoms with Crippen molar-refractivity contribution < 1.29 is 18.7 Å². The molecule has 3 aromatic heterocycles. The zero-order valence-corrected chi connectivity index (χ0v) is 20.8. The number of fused-ring (bicyclic) bond motifs is 1. The standard InChI is InChI=1S/C28H27F2N5O2/c1-16(35-10-7-17(8-11-35)26-22(29)12-19(28(36)37)13-23(26)30)24-14-21-20(6-9-32-27(21)34(24)3)18-4-5-25(31-2)33-15-18/h4-7,9,12-16H,8,10-11H2,1-3H3,(H,31,33)(H,36,37)/t16-/m0/s1. The topological polar surface area (TPSA) is 83.3 Å². The van der Waals surface area contributed by atoms with Gasteiger partial charge in [0.1, 0.15) is 23.1 Å². The number of aromatic nitrogens is 3. The van der Waals surface area contributed by atoms with Crippen molar-refractivity contribution in [1.29, 1.82) is 0 Å². The van der Waals surface area contributed by atoms with Crippen molar-refractivity contribution in [2.45, 2.75) is 19.4 Å². The summed E-state index contributed by atoms with van der Waals surface area (Å²) in [5, 5.41) is 13.1. The minimum Gasteiger partial charge on any atom is -0.478 e. The highest BCUT2D eigenvalue weighted by atomic mass is 19.1. The maximum absolute atomic E-state index is 14.6. The van der Waals surface area contributed by atoms with E-state index in [1.54, 1.807) is 6.20 Å². The molecule has 4 aromatic rings. The molecular weight excluding hydrogens is 476 g/mol. The molecule has 0 fully saturated rings. The highest BCUT2D eigenvalue weighted by Gasteiger charge is 2.26. The van der Waals surface area contributed by atoms with Gasteiger partial charge in [-0.2, -0.15) is 0 Å². The third-order valence-electron chi connectivity index (χ3n) is 7.12. The van der Waals surface area contributed by atoms with E-state index in [0.29, 0.717) is 25.1 Å². The van der Waals surface area contributed by atoms with Gasteiger partial charge in [0, 0.05) is 67.8 Å². The van der Waals surface area contributed by atoms with Crippen molar-refractivity contribution in [3.05, 3.63) is 83.3 Å². The number of benzene rings is 1. The van der Waals surface area contributed by atoms with E-state index in [-0.39, 0.29) is 11.6 Å². The molecule has 4 heterocycles. The normalized spacial score (nSPS) is 15.0. The number of nitrogens with one attached hydrogen (secondary N) is 1. The summed E-state index contributed by atoms with van der Waals surface area (Å²) in [6.45, 7) is 3.22. The molecule has 0 saturated heterocycles. The fourth-order valence-electron chi connectivity index (χ4n) is 5.05. The molecule has 7 nitrogen and oxygen atoms in total. The SMILES string of the molecule is CNc1ccc(-c2ccnc3c2cc([C@H](C)N2CC=C(c4c(F)cc(C(=O)O)cc4F)CC2)n3C)cn1. The molecule has 9 heteroatoms. The van der Waals surface area contributed by atoms with Gasteiger partial charge >= 0.3 is 5.97 Å². The lowest BCUT2D eigenvalue weighted by molar-refractivity contribution is 0.0695. The first kappa shape index (κ1) is 24.6. The molecule has 5 rings (SSSR count). The quantitative estimate of drug-likeness (QED) is 0.361. The number of nitrogens with zero attached hydrogens (tertiary/aromatic N) is 4. The fraction of sp³-hybridized carbons (Fsp3) is 0.250. The number of hydrogen-bond donors (Lipinski definition) is 2. The molecule has 0 amide bonds. The van der Waals surface area contributed by atoms with E-state index in [2.05, 4.69) is 37.7 Å². The molecule has 2 N–H and O–H groups in total. The van der Waals surface area contributed by atoms with Gasteiger partial charge < -0.3 is 15.0 Å². The van der Waals surface area contributed by atoms with Crippen LogP contribution < -0.4 is 5.32 Å². The van der Waals surface area contributed by atoms with E-state index in [1.165, 1.54) is 0 Å². The van der Waals surface area contributed by atoms with Gasteiger partial charge in [-0.05, 0) is 60.9 Å². The lowest BCUT2D eigenvalue weighted by atomic mass is 9.96. The Bertz CT molecular complexity index is 1500. The highest BCUT2D eigenvalue weighted by Crippen LogP contribution is 2.35. The number of carboxylic acid groups (broad SMARTS) is 1. The molecule has 0 aliphatic carbocycles. The van der Waals surface area contributed by atoms with E-state index >= 15 is 0 Å². The van der Waals surface area contributed by atoms with Crippen LogP contribution in [0.5, 0.6) is 0 Å². The number of carbonyl (C=O) groups is 1. The summed E-state index contributed by atoms with van der Waals surface area (Å²) in [7, 11) is 3.82.